The third kappa shape index (κ3) is 1.99. The zero-order chi connectivity index (χ0) is 11.7. The maximum atomic E-state index is 12.1. The van der Waals surface area contributed by atoms with Crippen LogP contribution in [0.5, 0.6) is 0 Å². The number of carbonyl (C=O) groups is 1. The van der Waals surface area contributed by atoms with Crippen molar-refractivity contribution in [3.8, 4) is 0 Å². The van der Waals surface area contributed by atoms with Crippen LogP contribution in [-0.4, -0.2) is 5.78 Å². The monoisotopic (exact) mass is 254 g/mol. The summed E-state index contributed by atoms with van der Waals surface area (Å²) >= 11 is 11.8. The standard InChI is InChI=1S/C12H8Cl2O2/c1-7-4-5-16-12(7)11(15)9-6-8(13)2-3-10(9)14/h2-6H,1H3. The topological polar surface area (TPSA) is 30.2 Å². The summed E-state index contributed by atoms with van der Waals surface area (Å²) in [6.07, 6.45) is 1.47. The van der Waals surface area contributed by atoms with Crippen molar-refractivity contribution >= 4 is 29.0 Å². The largest absolute Gasteiger partial charge is 0.461 e. The first-order valence-electron chi connectivity index (χ1n) is 4.63. The van der Waals surface area contributed by atoms with E-state index in [2.05, 4.69) is 0 Å². The maximum Gasteiger partial charge on any atom is 0.229 e. The summed E-state index contributed by atoms with van der Waals surface area (Å²) in [6.45, 7) is 1.80. The summed E-state index contributed by atoms with van der Waals surface area (Å²) in [6, 6.07) is 6.49. The van der Waals surface area contributed by atoms with Crippen LogP contribution in [0.15, 0.2) is 34.9 Å². The molecule has 1 heterocycles. The Labute approximate surface area is 103 Å². The van der Waals surface area contributed by atoms with E-state index in [9.17, 15) is 4.79 Å². The van der Waals surface area contributed by atoms with Gasteiger partial charge in [0.05, 0.1) is 11.3 Å². The molecule has 1 aromatic heterocycles. The molecule has 0 N–H and O–H groups in total. The van der Waals surface area contributed by atoms with Gasteiger partial charge in [-0.15, -0.1) is 0 Å². The third-order valence-corrected chi connectivity index (χ3v) is 2.81. The van der Waals surface area contributed by atoms with E-state index in [1.807, 2.05) is 0 Å². The Kier molecular flexibility index (Phi) is 3.03. The van der Waals surface area contributed by atoms with Crippen molar-refractivity contribution in [1.82, 2.24) is 0 Å². The number of rotatable bonds is 2. The SMILES string of the molecule is Cc1ccoc1C(=O)c1cc(Cl)ccc1Cl. The minimum Gasteiger partial charge on any atom is -0.461 e. The molecule has 0 aliphatic carbocycles. The van der Waals surface area contributed by atoms with Crippen LogP contribution in [0.4, 0.5) is 0 Å². The average Bonchev–Trinajstić information content (AvgIpc) is 2.67. The molecule has 0 fully saturated rings. The van der Waals surface area contributed by atoms with Crippen molar-refractivity contribution in [2.24, 2.45) is 0 Å². The van der Waals surface area contributed by atoms with Gasteiger partial charge in [-0.05, 0) is 36.8 Å². The Bertz CT molecular complexity index is 544. The van der Waals surface area contributed by atoms with E-state index in [4.69, 9.17) is 27.6 Å². The van der Waals surface area contributed by atoms with Crippen molar-refractivity contribution in [3.63, 3.8) is 0 Å². The molecule has 16 heavy (non-hydrogen) atoms. The first-order chi connectivity index (χ1) is 7.59. The summed E-state index contributed by atoms with van der Waals surface area (Å²) in [5.74, 6) is 0.0409. The molecule has 1 aromatic carbocycles. The Balaban J connectivity index is 2.49. The van der Waals surface area contributed by atoms with E-state index in [1.54, 1.807) is 25.1 Å². The predicted molar refractivity (Wildman–Crippen MR) is 63.3 cm³/mol. The Hall–Kier alpha value is -1.25. The van der Waals surface area contributed by atoms with Crippen molar-refractivity contribution in [2.75, 3.05) is 0 Å². The minimum atomic E-state index is -0.255. The van der Waals surface area contributed by atoms with Gasteiger partial charge in [-0.2, -0.15) is 0 Å². The highest BCUT2D eigenvalue weighted by molar-refractivity contribution is 6.36. The molecule has 0 saturated heterocycles. The fourth-order valence-corrected chi connectivity index (χ4v) is 1.77. The van der Waals surface area contributed by atoms with Gasteiger partial charge in [0.2, 0.25) is 5.78 Å². The van der Waals surface area contributed by atoms with Gasteiger partial charge in [-0.25, -0.2) is 0 Å². The molecule has 0 unspecified atom stereocenters. The van der Waals surface area contributed by atoms with E-state index in [0.717, 1.165) is 5.56 Å². The second-order valence-electron chi connectivity index (χ2n) is 3.39. The van der Waals surface area contributed by atoms with Gasteiger partial charge in [-0.1, -0.05) is 23.2 Å². The molecule has 0 amide bonds. The van der Waals surface area contributed by atoms with Crippen LogP contribution in [0.3, 0.4) is 0 Å². The molecule has 0 aliphatic rings. The molecular weight excluding hydrogens is 247 g/mol. The lowest BCUT2D eigenvalue weighted by molar-refractivity contribution is 0.101. The van der Waals surface area contributed by atoms with Gasteiger partial charge in [0.1, 0.15) is 0 Å². The fourth-order valence-electron chi connectivity index (χ4n) is 1.40. The number of hydrogen-bond donors (Lipinski definition) is 0. The molecule has 82 valence electrons. The quantitative estimate of drug-likeness (QED) is 0.755. The van der Waals surface area contributed by atoms with Crippen molar-refractivity contribution in [2.45, 2.75) is 6.92 Å². The summed E-state index contributed by atoms with van der Waals surface area (Å²) in [4.78, 5) is 12.1. The van der Waals surface area contributed by atoms with E-state index < -0.39 is 0 Å². The van der Waals surface area contributed by atoms with Gasteiger partial charge in [0, 0.05) is 10.6 Å². The summed E-state index contributed by atoms with van der Waals surface area (Å²) in [5, 5.41) is 0.835. The first-order valence-corrected chi connectivity index (χ1v) is 5.39. The van der Waals surface area contributed by atoms with Crippen LogP contribution in [0.1, 0.15) is 21.7 Å². The Morgan fingerprint density at radius 2 is 2.00 bits per heavy atom. The van der Waals surface area contributed by atoms with Crippen LogP contribution < -0.4 is 0 Å². The Morgan fingerprint density at radius 1 is 1.25 bits per heavy atom. The number of benzene rings is 1. The highest BCUT2D eigenvalue weighted by atomic mass is 35.5. The van der Waals surface area contributed by atoms with Crippen LogP contribution in [-0.2, 0) is 0 Å². The molecule has 2 nitrogen and oxygen atoms in total. The lowest BCUT2D eigenvalue weighted by atomic mass is 10.1. The number of ketones is 1. The zero-order valence-electron chi connectivity index (χ0n) is 8.46. The molecule has 2 aromatic rings. The van der Waals surface area contributed by atoms with Crippen molar-refractivity contribution in [3.05, 3.63) is 57.5 Å². The highest BCUT2D eigenvalue weighted by Gasteiger charge is 2.18. The van der Waals surface area contributed by atoms with Gasteiger partial charge in [0.25, 0.3) is 0 Å². The summed E-state index contributed by atoms with van der Waals surface area (Å²) in [5.41, 5.74) is 1.13. The van der Waals surface area contributed by atoms with Gasteiger partial charge in [-0.3, -0.25) is 4.79 Å². The fraction of sp³-hybridized carbons (Fsp3) is 0.0833. The molecule has 0 saturated carbocycles. The average molecular weight is 255 g/mol. The summed E-state index contributed by atoms with van der Waals surface area (Å²) < 4.78 is 5.12. The molecule has 0 aliphatic heterocycles. The van der Waals surface area contributed by atoms with Crippen LogP contribution in [0.25, 0.3) is 0 Å². The molecule has 0 radical (unpaired) electrons. The van der Waals surface area contributed by atoms with Gasteiger partial charge >= 0.3 is 0 Å². The number of halogens is 2. The third-order valence-electron chi connectivity index (χ3n) is 2.24. The molecule has 4 heteroatoms. The lowest BCUT2D eigenvalue weighted by Crippen LogP contribution is -2.02. The molecular formula is C12H8Cl2O2. The lowest BCUT2D eigenvalue weighted by Gasteiger charge is -2.02. The predicted octanol–water partition coefficient (Wildman–Crippen LogP) is 4.13. The van der Waals surface area contributed by atoms with Gasteiger partial charge < -0.3 is 4.42 Å². The molecule has 2 rings (SSSR count). The zero-order valence-corrected chi connectivity index (χ0v) is 9.97. The van der Waals surface area contributed by atoms with Crippen molar-refractivity contribution < 1.29 is 9.21 Å². The molecule has 0 spiro atoms. The highest BCUT2D eigenvalue weighted by Crippen LogP contribution is 2.24. The number of hydrogen-bond acceptors (Lipinski definition) is 2. The van der Waals surface area contributed by atoms with E-state index in [-0.39, 0.29) is 5.78 Å². The second kappa shape index (κ2) is 4.32. The summed E-state index contributed by atoms with van der Waals surface area (Å²) in [7, 11) is 0. The smallest absolute Gasteiger partial charge is 0.229 e. The van der Waals surface area contributed by atoms with Crippen molar-refractivity contribution in [1.29, 1.82) is 0 Å². The van der Waals surface area contributed by atoms with E-state index >= 15 is 0 Å². The second-order valence-corrected chi connectivity index (χ2v) is 4.23. The van der Waals surface area contributed by atoms with Crippen LogP contribution >= 0.6 is 23.2 Å². The molecule has 0 bridgehead atoms. The van der Waals surface area contributed by atoms with Gasteiger partial charge in [0.15, 0.2) is 5.76 Å². The van der Waals surface area contributed by atoms with E-state index in [1.165, 1.54) is 12.3 Å². The first kappa shape index (κ1) is 11.2. The maximum absolute atomic E-state index is 12.1. The number of carbonyl (C=O) groups excluding carboxylic acids is 1. The van der Waals surface area contributed by atoms with Crippen LogP contribution in [0.2, 0.25) is 10.0 Å². The van der Waals surface area contributed by atoms with Crippen LogP contribution in [0, 0.1) is 6.92 Å². The van der Waals surface area contributed by atoms with E-state index in [0.29, 0.717) is 21.4 Å². The normalized spacial score (nSPS) is 10.4. The number of aryl methyl sites for hydroxylation is 1. The number of furan rings is 1. The molecule has 0 atom stereocenters. The Morgan fingerprint density at radius 3 is 2.62 bits per heavy atom. The minimum absolute atomic E-state index is 0.255.